The van der Waals surface area contributed by atoms with Crippen molar-refractivity contribution in [1.82, 2.24) is 0 Å². The summed E-state index contributed by atoms with van der Waals surface area (Å²) in [5.74, 6) is -1.67. The monoisotopic (exact) mass is 370 g/mol. The second kappa shape index (κ2) is 9.73. The average Bonchev–Trinajstić information content (AvgIpc) is 2.51. The smallest absolute Gasteiger partial charge is 0.313 e. The first-order valence-corrected chi connectivity index (χ1v) is 10.3. The van der Waals surface area contributed by atoms with Crippen LogP contribution >= 0.6 is 7.37 Å². The number of carbonyl (C=O) groups excluding carboxylic acids is 1. The number of rotatable bonds is 10. The van der Waals surface area contributed by atoms with Gasteiger partial charge in [-0.05, 0) is 45.6 Å². The van der Waals surface area contributed by atoms with Gasteiger partial charge in [-0.1, -0.05) is 30.3 Å². The van der Waals surface area contributed by atoms with Crippen molar-refractivity contribution in [1.29, 1.82) is 0 Å². The van der Waals surface area contributed by atoms with E-state index in [4.69, 9.17) is 14.4 Å². The van der Waals surface area contributed by atoms with Crippen LogP contribution in [0, 0.1) is 5.41 Å². The summed E-state index contributed by atoms with van der Waals surface area (Å²) >= 11 is 0. The van der Waals surface area contributed by atoms with Gasteiger partial charge in [-0.15, -0.1) is 0 Å². The molecule has 0 fully saturated rings. The molecule has 1 aromatic rings. The number of carbonyl (C=O) groups is 2. The molecule has 1 N–H and O–H groups in total. The van der Waals surface area contributed by atoms with Crippen LogP contribution in [0.15, 0.2) is 30.3 Å². The molecule has 1 atom stereocenters. The molecule has 0 radical (unpaired) electrons. The van der Waals surface area contributed by atoms with Gasteiger partial charge in [0, 0.05) is 6.16 Å². The van der Waals surface area contributed by atoms with Crippen molar-refractivity contribution in [3.8, 4) is 0 Å². The number of benzene rings is 1. The molecule has 25 heavy (non-hydrogen) atoms. The summed E-state index contributed by atoms with van der Waals surface area (Å²) in [5.41, 5.74) is 0.478. The van der Waals surface area contributed by atoms with E-state index < -0.39 is 37.7 Å². The van der Waals surface area contributed by atoms with E-state index in [1.54, 1.807) is 20.8 Å². The van der Waals surface area contributed by atoms with Gasteiger partial charge in [-0.2, -0.15) is 0 Å². The number of unbranched alkanes of at least 4 members (excludes halogenated alkanes) is 1. The number of esters is 1. The molecule has 0 spiro atoms. The number of ether oxygens (including phenoxy) is 1. The van der Waals surface area contributed by atoms with Gasteiger partial charge in [0.25, 0.3) is 0 Å². The molecule has 1 aromatic carbocycles. The maximum atomic E-state index is 12.7. The number of aryl methyl sites for hydroxylation is 1. The van der Waals surface area contributed by atoms with Gasteiger partial charge in [-0.25, -0.2) is 0 Å². The van der Waals surface area contributed by atoms with Gasteiger partial charge in [0.2, 0.25) is 7.37 Å². The van der Waals surface area contributed by atoms with E-state index in [2.05, 4.69) is 0 Å². The Labute approximate surface area is 149 Å². The van der Waals surface area contributed by atoms with Gasteiger partial charge < -0.3 is 9.84 Å². The number of hydrogen-bond acceptors (Lipinski definition) is 5. The Balaban J connectivity index is 2.47. The number of aliphatic carboxylic acids is 1. The molecule has 7 heteroatoms. The highest BCUT2D eigenvalue weighted by Gasteiger charge is 2.28. The minimum absolute atomic E-state index is 0.152. The van der Waals surface area contributed by atoms with Crippen LogP contribution in [0.4, 0.5) is 0 Å². The van der Waals surface area contributed by atoms with Crippen LogP contribution in [-0.4, -0.2) is 36.2 Å². The van der Waals surface area contributed by atoms with Gasteiger partial charge in [-0.3, -0.25) is 18.7 Å². The van der Waals surface area contributed by atoms with E-state index in [0.717, 1.165) is 12.8 Å². The largest absolute Gasteiger partial charge is 0.481 e. The third kappa shape index (κ3) is 8.84. The van der Waals surface area contributed by atoms with Gasteiger partial charge in [0.1, 0.15) is 6.16 Å². The summed E-state index contributed by atoms with van der Waals surface area (Å²) in [6, 6.07) is 9.88. The molecule has 0 aliphatic heterocycles. The number of carboxylic acids is 1. The Morgan fingerprint density at radius 2 is 1.76 bits per heavy atom. The van der Waals surface area contributed by atoms with Crippen LogP contribution in [0.1, 0.15) is 39.2 Å². The van der Waals surface area contributed by atoms with E-state index >= 15 is 0 Å². The predicted octanol–water partition coefficient (Wildman–Crippen LogP) is 3.94. The van der Waals surface area contributed by atoms with E-state index in [9.17, 15) is 14.2 Å². The van der Waals surface area contributed by atoms with Crippen LogP contribution in [0.3, 0.4) is 0 Å². The summed E-state index contributed by atoms with van der Waals surface area (Å²) in [6.07, 6.45) is 1.77. The Morgan fingerprint density at radius 3 is 2.32 bits per heavy atom. The molecule has 0 bridgehead atoms. The standard InChI is InChI=1S/C18H27O6P/c1-18(2,3)17(21)23-14-24-25(22,13-16(19)20)12-8-7-11-15-9-5-4-6-10-15/h4-6,9-10H,7-8,11-14H2,1-3H3,(H,19,20). The lowest BCUT2D eigenvalue weighted by molar-refractivity contribution is -0.159. The molecular formula is C18H27O6P. The normalized spacial score (nSPS) is 13.9. The Hall–Kier alpha value is -1.65. The predicted molar refractivity (Wildman–Crippen MR) is 95.9 cm³/mol. The lowest BCUT2D eigenvalue weighted by Crippen LogP contribution is -2.24. The molecule has 0 aromatic heterocycles. The Morgan fingerprint density at radius 1 is 1.12 bits per heavy atom. The van der Waals surface area contributed by atoms with Crippen molar-refractivity contribution < 1.29 is 28.5 Å². The summed E-state index contributed by atoms with van der Waals surface area (Å²) < 4.78 is 22.8. The number of carboxylic acid groups (broad SMARTS) is 1. The molecule has 1 rings (SSSR count). The molecule has 0 heterocycles. The third-order valence-electron chi connectivity index (χ3n) is 3.52. The van der Waals surface area contributed by atoms with Crippen LogP contribution in [0.5, 0.6) is 0 Å². The quantitative estimate of drug-likeness (QED) is 0.290. The zero-order valence-electron chi connectivity index (χ0n) is 15.1. The highest BCUT2D eigenvalue weighted by Crippen LogP contribution is 2.47. The topological polar surface area (TPSA) is 89.9 Å². The first-order valence-electron chi connectivity index (χ1n) is 8.28. The zero-order valence-corrected chi connectivity index (χ0v) is 16.0. The summed E-state index contributed by atoms with van der Waals surface area (Å²) in [5, 5.41) is 8.96. The lowest BCUT2D eigenvalue weighted by atomic mass is 9.98. The van der Waals surface area contributed by atoms with Gasteiger partial charge in [0.05, 0.1) is 5.41 Å². The van der Waals surface area contributed by atoms with Crippen molar-refractivity contribution in [2.75, 3.05) is 19.1 Å². The average molecular weight is 370 g/mol. The molecule has 0 saturated carbocycles. The van der Waals surface area contributed by atoms with Gasteiger partial charge >= 0.3 is 11.9 Å². The highest BCUT2D eigenvalue weighted by atomic mass is 31.2. The SMILES string of the molecule is CC(C)(C)C(=O)OCOP(=O)(CCCCc1ccccc1)CC(=O)O. The third-order valence-corrected chi connectivity index (χ3v) is 5.85. The molecule has 1 unspecified atom stereocenters. The van der Waals surface area contributed by atoms with E-state index in [1.165, 1.54) is 5.56 Å². The summed E-state index contributed by atoms with van der Waals surface area (Å²) in [4.78, 5) is 22.6. The first-order chi connectivity index (χ1) is 11.6. The number of hydrogen-bond donors (Lipinski definition) is 1. The van der Waals surface area contributed by atoms with Crippen LogP contribution < -0.4 is 0 Å². The fourth-order valence-electron chi connectivity index (χ4n) is 2.11. The van der Waals surface area contributed by atoms with E-state index in [0.29, 0.717) is 6.42 Å². The lowest BCUT2D eigenvalue weighted by Gasteiger charge is -2.20. The molecule has 0 aliphatic carbocycles. The van der Waals surface area contributed by atoms with E-state index in [1.807, 2.05) is 30.3 Å². The summed E-state index contributed by atoms with van der Waals surface area (Å²) in [6.45, 7) is 4.58. The maximum absolute atomic E-state index is 12.7. The van der Waals surface area contributed by atoms with Crippen LogP contribution in [0.2, 0.25) is 0 Å². The molecule has 140 valence electrons. The van der Waals surface area contributed by atoms with Crippen molar-refractivity contribution in [3.05, 3.63) is 35.9 Å². The fourth-order valence-corrected chi connectivity index (χ4v) is 3.86. The summed E-state index contributed by atoms with van der Waals surface area (Å²) in [7, 11) is -3.38. The minimum Gasteiger partial charge on any atom is -0.481 e. The second-order valence-corrected chi connectivity index (χ2v) is 9.61. The highest BCUT2D eigenvalue weighted by molar-refractivity contribution is 7.59. The molecule has 0 amide bonds. The zero-order chi connectivity index (χ0) is 18.9. The molecule has 0 aliphatic rings. The van der Waals surface area contributed by atoms with Crippen molar-refractivity contribution in [3.63, 3.8) is 0 Å². The minimum atomic E-state index is -3.38. The Bertz CT molecular complexity index is 606. The maximum Gasteiger partial charge on any atom is 0.313 e. The second-order valence-electron chi connectivity index (χ2n) is 6.96. The van der Waals surface area contributed by atoms with Crippen molar-refractivity contribution >= 4 is 19.3 Å². The molecule has 0 saturated heterocycles. The van der Waals surface area contributed by atoms with Crippen LogP contribution in [-0.2, 0) is 29.8 Å². The fraction of sp³-hybridized carbons (Fsp3) is 0.556. The Kier molecular flexibility index (Phi) is 8.33. The first kappa shape index (κ1) is 21.4. The van der Waals surface area contributed by atoms with Crippen molar-refractivity contribution in [2.24, 2.45) is 5.41 Å². The van der Waals surface area contributed by atoms with E-state index in [-0.39, 0.29) is 6.16 Å². The van der Waals surface area contributed by atoms with Crippen molar-refractivity contribution in [2.45, 2.75) is 40.0 Å². The van der Waals surface area contributed by atoms with Crippen LogP contribution in [0.25, 0.3) is 0 Å². The van der Waals surface area contributed by atoms with Gasteiger partial charge in [0.15, 0.2) is 6.79 Å². The molecule has 6 nitrogen and oxygen atoms in total. The molecular weight excluding hydrogens is 343 g/mol.